The van der Waals surface area contributed by atoms with Gasteiger partial charge in [-0.15, -0.1) is 12.4 Å². The summed E-state index contributed by atoms with van der Waals surface area (Å²) in [6.07, 6.45) is 1.61. The van der Waals surface area contributed by atoms with Crippen molar-refractivity contribution in [2.75, 3.05) is 73.2 Å². The van der Waals surface area contributed by atoms with Gasteiger partial charge in [0, 0.05) is 150 Å². The Kier molecular flexibility index (Phi) is 23.7. The fraction of sp³-hybridized carbons (Fsp3) is 0.145. The molecule has 0 spiro atoms. The number of carboxylic acid groups (broad SMARTS) is 1. The first-order valence-corrected chi connectivity index (χ1v) is 24.6. The van der Waals surface area contributed by atoms with Crippen LogP contribution >= 0.6 is 12.4 Å². The number of carbonyl (C=O) groups excluding carboxylic acids is 3. The number of rotatable bonds is 10. The van der Waals surface area contributed by atoms with Crippen LogP contribution in [0.3, 0.4) is 0 Å². The molecule has 454 valence electrons. The number of H-pyrrole nitrogens is 4. The van der Waals surface area contributed by atoms with E-state index in [2.05, 4.69) is 61.4 Å². The van der Waals surface area contributed by atoms with Crippen LogP contribution in [0.2, 0.25) is 0 Å². The van der Waals surface area contributed by atoms with Crippen LogP contribution in [0.4, 0.5) is 34.4 Å². The summed E-state index contributed by atoms with van der Waals surface area (Å²) in [5, 5.41) is 66.2. The van der Waals surface area contributed by atoms with Crippen LogP contribution in [0.15, 0.2) is 121 Å². The summed E-state index contributed by atoms with van der Waals surface area (Å²) in [4.78, 5) is 79.8. The van der Waals surface area contributed by atoms with Crippen LogP contribution in [-0.2, 0) is 20.4 Å². The number of carbonyl (C=O) groups is 4. The minimum Gasteiger partial charge on any atom is -0.476 e. The molecule has 5 heterocycles. The van der Waals surface area contributed by atoms with E-state index in [0.717, 1.165) is 27.2 Å². The second-order valence-corrected chi connectivity index (χ2v) is 18.4. The normalized spacial score (nSPS) is 10.1. The SMILES string of the molecule is CN(C)C(=O)c1n[nH]c2ccc(N)cc12.CN(C)C(=O)c1n[nH]c2ccc(Nc3nccc(Oc4ccc(N)c5ccccc45)n3)cc12.CN(C)C(=O)c1n[nH]c2ccc([N+](=O)[O-])cc12.CNC.Cl.O=C(O)c1n[nH]c2ccc([N+](=O)[O-])cc12.[CH3-].[HH].[Pd]. The van der Waals surface area contributed by atoms with Crippen molar-refractivity contribution in [3.63, 3.8) is 0 Å². The number of ether oxygens (including phenoxy) is 1. The number of nitrogens with two attached hydrogens (primary N) is 2. The molecule has 0 saturated carbocycles. The van der Waals surface area contributed by atoms with E-state index in [9.17, 15) is 39.4 Å². The van der Waals surface area contributed by atoms with Gasteiger partial charge in [-0.3, -0.25) is 55.0 Å². The third-order valence-corrected chi connectivity index (χ3v) is 11.7. The number of hydrogen-bond acceptors (Lipinski definition) is 19. The van der Waals surface area contributed by atoms with Gasteiger partial charge >= 0.3 is 5.97 Å². The number of nitrogens with one attached hydrogen (secondary N) is 6. The van der Waals surface area contributed by atoms with Crippen molar-refractivity contribution in [3.05, 3.63) is 172 Å². The number of aromatic amines is 4. The van der Waals surface area contributed by atoms with Crippen molar-refractivity contribution in [3.8, 4) is 11.6 Å². The maximum Gasteiger partial charge on any atom is 0.357 e. The fourth-order valence-electron chi connectivity index (χ4n) is 7.73. The molecule has 11 rings (SSSR count). The van der Waals surface area contributed by atoms with Crippen molar-refractivity contribution >= 4 is 125 Å². The summed E-state index contributed by atoms with van der Waals surface area (Å²) in [6.45, 7) is 0. The minimum absolute atomic E-state index is 0. The molecule has 29 nitrogen and oxygen atoms in total. The first kappa shape index (κ1) is 67.8. The standard InChI is InChI=1S/C24H21N7O2.C10H10N4O3.C10H12N4O.C8H5N3O4.C2H7N.CH3.ClH.Pd.H2/c1-31(2)23(32)22-17-13-14(7-9-19(17)29-30-22)27-24-26-12-11-21(28-24)33-20-10-8-18(25)15-5-3-4-6-16(15)20;1-13(2)10(15)9-7-5-6(14(16)17)3-4-8(7)11-12-9;1-14(2)10(15)9-7-5-6(11)3-4-8(7)12-13-9;12-8(13)7-5-3-4(11(14)15)1-2-6(5)9-10-7;1-3-2;;;;/h3-13H,25H2,1-2H3,(H,29,30)(H,26,27,28);3-5H,1-2H3,(H,11,12);3-5H,11H2,1-2H3,(H,12,13);1-3H,(H,9,10)(H,12,13);3H,1-2H3;1H3;1H;;1H/q;;;;;-1;;;. The van der Waals surface area contributed by atoms with Gasteiger partial charge in [0.15, 0.2) is 22.8 Å². The second-order valence-electron chi connectivity index (χ2n) is 18.4. The summed E-state index contributed by atoms with van der Waals surface area (Å²) >= 11 is 0. The molecule has 0 unspecified atom stereocenters. The Labute approximate surface area is 510 Å². The molecule has 11 aromatic rings. The van der Waals surface area contributed by atoms with Gasteiger partial charge in [0.2, 0.25) is 11.8 Å². The average Bonchev–Trinajstić information content (AvgIpc) is 2.66. The Hall–Kier alpha value is -10.7. The maximum absolute atomic E-state index is 12.4. The number of fused-ring (bicyclic) bond motifs is 5. The number of aromatic carboxylic acids is 1. The van der Waals surface area contributed by atoms with Crippen LogP contribution in [-0.4, -0.2) is 160 Å². The number of non-ortho nitro benzene ring substituents is 2. The van der Waals surface area contributed by atoms with E-state index >= 15 is 0 Å². The number of nitro groups is 2. The van der Waals surface area contributed by atoms with Crippen LogP contribution in [0.1, 0.15) is 43.4 Å². The number of nitrogen functional groups attached to an aromatic ring is 2. The zero-order valence-corrected chi connectivity index (χ0v) is 49.8. The number of benzene rings is 6. The molecule has 0 bridgehead atoms. The molecule has 3 amide bonds. The number of nitro benzene ring substituents is 2. The Morgan fingerprint density at radius 2 is 1.00 bits per heavy atom. The topological polar surface area (TPSA) is 410 Å². The molecule has 0 atom stereocenters. The maximum atomic E-state index is 12.4. The minimum atomic E-state index is -1.22. The number of aromatic nitrogens is 10. The quantitative estimate of drug-likeness (QED) is 0.0204. The van der Waals surface area contributed by atoms with E-state index in [1.54, 1.807) is 66.7 Å². The van der Waals surface area contributed by atoms with E-state index in [1.807, 2.05) is 74.8 Å². The van der Waals surface area contributed by atoms with Gasteiger partial charge in [0.25, 0.3) is 29.1 Å². The van der Waals surface area contributed by atoms with E-state index in [0.29, 0.717) is 67.8 Å². The van der Waals surface area contributed by atoms with Crippen LogP contribution in [0.25, 0.3) is 54.4 Å². The predicted octanol–water partition coefficient (Wildman–Crippen LogP) is 8.47. The Morgan fingerprint density at radius 1 is 0.581 bits per heavy atom. The molecule has 0 radical (unpaired) electrons. The van der Waals surface area contributed by atoms with Gasteiger partial charge in [-0.05, 0) is 74.8 Å². The molecule has 11 N–H and O–H groups in total. The third kappa shape index (κ3) is 15.9. The molecule has 31 heteroatoms. The van der Waals surface area contributed by atoms with Gasteiger partial charge < -0.3 is 54.1 Å². The van der Waals surface area contributed by atoms with Crippen molar-refractivity contribution in [2.45, 2.75) is 0 Å². The molecule has 86 heavy (non-hydrogen) atoms. The van der Waals surface area contributed by atoms with E-state index in [1.165, 1.54) is 51.1 Å². The molecule has 6 aromatic carbocycles. The summed E-state index contributed by atoms with van der Waals surface area (Å²) in [5.74, 6) is -0.437. The third-order valence-electron chi connectivity index (χ3n) is 11.7. The van der Waals surface area contributed by atoms with Crippen molar-refractivity contribution in [1.29, 1.82) is 0 Å². The number of amides is 3. The summed E-state index contributed by atoms with van der Waals surface area (Å²) in [5.41, 5.74) is 16.9. The number of anilines is 4. The Bertz CT molecular complexity index is 4230. The van der Waals surface area contributed by atoms with Crippen molar-refractivity contribution in [1.82, 2.24) is 70.8 Å². The Morgan fingerprint density at radius 3 is 1.47 bits per heavy atom. The molecule has 0 saturated heterocycles. The van der Waals surface area contributed by atoms with E-state index < -0.39 is 15.8 Å². The molecule has 0 aliphatic rings. The smallest absolute Gasteiger partial charge is 0.357 e. The van der Waals surface area contributed by atoms with E-state index in [4.69, 9.17) is 21.3 Å². The zero-order valence-electron chi connectivity index (χ0n) is 47.5. The first-order valence-electron chi connectivity index (χ1n) is 24.6. The number of carboxylic acids is 1. The predicted molar refractivity (Wildman–Crippen MR) is 328 cm³/mol. The fourth-order valence-corrected chi connectivity index (χ4v) is 7.73. The van der Waals surface area contributed by atoms with Crippen LogP contribution in [0.5, 0.6) is 11.6 Å². The van der Waals surface area contributed by atoms with Gasteiger partial charge in [-0.1, -0.05) is 24.3 Å². The molecule has 5 aromatic heterocycles. The number of nitrogens with zero attached hydrogens (tertiary/aromatic N) is 11. The molecule has 0 aliphatic heterocycles. The number of halogens is 1. The largest absolute Gasteiger partial charge is 0.476 e. The Balaban J connectivity index is 0.000000314. The summed E-state index contributed by atoms with van der Waals surface area (Å²) in [7, 11) is 13.7. The van der Waals surface area contributed by atoms with Crippen molar-refractivity contribution in [2.24, 2.45) is 0 Å². The summed E-state index contributed by atoms with van der Waals surface area (Å²) in [6, 6.07) is 32.1. The van der Waals surface area contributed by atoms with Gasteiger partial charge in [0.1, 0.15) is 5.75 Å². The van der Waals surface area contributed by atoms with Crippen molar-refractivity contribution < 1.29 is 60.7 Å². The van der Waals surface area contributed by atoms with Gasteiger partial charge in [-0.25, -0.2) is 9.78 Å². The second kappa shape index (κ2) is 30.1. The van der Waals surface area contributed by atoms with Crippen LogP contribution < -0.4 is 26.8 Å². The monoisotopic (exact) mass is 1290 g/mol. The number of hydrogen-bond donors (Lipinski definition) is 9. The molecule has 0 aliphatic carbocycles. The summed E-state index contributed by atoms with van der Waals surface area (Å²) < 4.78 is 6.05. The molecular weight excluding hydrogens is 1230 g/mol. The van der Waals surface area contributed by atoms with E-state index in [-0.39, 0.29) is 87.6 Å². The molecule has 0 fully saturated rings. The molecular formula is C55H61ClN19O10Pd-. The average molecular weight is 1290 g/mol. The zero-order chi connectivity index (χ0) is 60.2. The first-order chi connectivity index (χ1) is 39.6. The van der Waals surface area contributed by atoms with Gasteiger partial charge in [-0.2, -0.15) is 25.4 Å². The van der Waals surface area contributed by atoms with Gasteiger partial charge in [0.05, 0.1) is 31.9 Å². The van der Waals surface area contributed by atoms with Crippen LogP contribution in [0, 0.1) is 27.7 Å².